The van der Waals surface area contributed by atoms with Gasteiger partial charge in [-0.15, -0.1) is 11.3 Å². The lowest BCUT2D eigenvalue weighted by atomic mass is 10.0. The van der Waals surface area contributed by atoms with E-state index in [0.29, 0.717) is 44.4 Å². The van der Waals surface area contributed by atoms with Gasteiger partial charge in [-0.05, 0) is 62.4 Å². The Bertz CT molecular complexity index is 1870. The van der Waals surface area contributed by atoms with E-state index in [0.717, 1.165) is 14.4 Å². The van der Waals surface area contributed by atoms with Crippen LogP contribution in [-0.4, -0.2) is 51.8 Å². The minimum absolute atomic E-state index is 0.101. The first-order valence-electron chi connectivity index (χ1n) is 11.2. The van der Waals surface area contributed by atoms with Gasteiger partial charge in [0.2, 0.25) is 16.0 Å². The molecule has 0 amide bonds. The summed E-state index contributed by atoms with van der Waals surface area (Å²) in [4.78, 5) is 13.2. The zero-order valence-corrected chi connectivity index (χ0v) is 24.0. The number of halogens is 2. The molecule has 15 heteroatoms. The molecule has 0 spiro atoms. The summed E-state index contributed by atoms with van der Waals surface area (Å²) in [5, 5.41) is -0.689. The minimum Gasteiger partial charge on any atom is -0.368 e. The zero-order chi connectivity index (χ0) is 28.7. The number of nitrogens with one attached hydrogen (secondary N) is 1. The molecule has 206 valence electrons. The second-order valence-electron chi connectivity index (χ2n) is 8.68. The Hall–Kier alpha value is -3.30. The predicted octanol–water partition coefficient (Wildman–Crippen LogP) is 5.29. The SMILES string of the molecule is CC(C)S(=O)(=O)n1c(N)nc2ccc(-c3nc(-c4ccc(Cl)s4)[nH]c3-c3ccc(F)cc3)cc21.CS(=O)(=O)O. The van der Waals surface area contributed by atoms with Crippen LogP contribution in [0.2, 0.25) is 4.34 Å². The van der Waals surface area contributed by atoms with Gasteiger partial charge in [-0.3, -0.25) is 4.55 Å². The number of aromatic nitrogens is 4. The van der Waals surface area contributed by atoms with E-state index in [1.807, 2.05) is 6.07 Å². The molecular formula is C24H23ClFN5O5S3. The number of hydrogen-bond donors (Lipinski definition) is 3. The van der Waals surface area contributed by atoms with Crippen molar-refractivity contribution in [1.29, 1.82) is 0 Å². The molecule has 0 saturated carbocycles. The number of nitrogens with zero attached hydrogens (tertiary/aromatic N) is 3. The molecule has 3 aromatic heterocycles. The second kappa shape index (κ2) is 10.7. The third-order valence-electron chi connectivity index (χ3n) is 5.40. The lowest BCUT2D eigenvalue weighted by Crippen LogP contribution is -2.23. The smallest absolute Gasteiger partial charge is 0.261 e. The van der Waals surface area contributed by atoms with Gasteiger partial charge in [0.25, 0.3) is 10.1 Å². The second-order valence-corrected chi connectivity index (χ2v) is 14.2. The highest BCUT2D eigenvalue weighted by atomic mass is 35.5. The zero-order valence-electron chi connectivity index (χ0n) is 20.8. The number of benzene rings is 2. The van der Waals surface area contributed by atoms with Gasteiger partial charge < -0.3 is 10.7 Å². The molecule has 4 N–H and O–H groups in total. The molecule has 0 aliphatic heterocycles. The highest BCUT2D eigenvalue weighted by molar-refractivity contribution is 7.90. The highest BCUT2D eigenvalue weighted by Gasteiger charge is 2.25. The third-order valence-corrected chi connectivity index (χ3v) is 8.73. The fraction of sp³-hybridized carbons (Fsp3) is 0.167. The van der Waals surface area contributed by atoms with Crippen molar-refractivity contribution < 1.29 is 25.8 Å². The van der Waals surface area contributed by atoms with E-state index in [-0.39, 0.29) is 11.8 Å². The van der Waals surface area contributed by atoms with E-state index in [1.165, 1.54) is 23.5 Å². The number of nitrogens with two attached hydrogens (primary N) is 1. The van der Waals surface area contributed by atoms with Crippen LogP contribution in [0.4, 0.5) is 10.3 Å². The Morgan fingerprint density at radius 3 is 2.21 bits per heavy atom. The Labute approximate surface area is 233 Å². The van der Waals surface area contributed by atoms with Crippen molar-refractivity contribution in [3.63, 3.8) is 0 Å². The average Bonchev–Trinajstić information content (AvgIpc) is 3.54. The number of anilines is 1. The Kier molecular flexibility index (Phi) is 7.87. The summed E-state index contributed by atoms with van der Waals surface area (Å²) >= 11 is 7.49. The van der Waals surface area contributed by atoms with Gasteiger partial charge in [0.15, 0.2) is 0 Å². The molecular weight excluding hydrogens is 589 g/mol. The van der Waals surface area contributed by atoms with Crippen LogP contribution in [0, 0.1) is 5.82 Å². The van der Waals surface area contributed by atoms with Gasteiger partial charge in [0.05, 0.1) is 43.1 Å². The molecule has 5 aromatic rings. The maximum absolute atomic E-state index is 13.6. The number of hydrogen-bond acceptors (Lipinski definition) is 8. The van der Waals surface area contributed by atoms with E-state index in [9.17, 15) is 21.2 Å². The van der Waals surface area contributed by atoms with E-state index in [2.05, 4.69) is 9.97 Å². The Balaban J connectivity index is 0.000000648. The fourth-order valence-corrected chi connectivity index (χ4v) is 5.80. The summed E-state index contributed by atoms with van der Waals surface area (Å²) < 4.78 is 67.1. The molecule has 0 atom stereocenters. The maximum Gasteiger partial charge on any atom is 0.261 e. The van der Waals surface area contributed by atoms with Crippen molar-refractivity contribution >= 4 is 60.1 Å². The van der Waals surface area contributed by atoms with Gasteiger partial charge in [0.1, 0.15) is 11.6 Å². The molecule has 2 aromatic carbocycles. The molecule has 0 aliphatic rings. The minimum atomic E-state index is -3.75. The fourth-order valence-electron chi connectivity index (χ4n) is 3.66. The molecule has 3 heterocycles. The molecule has 39 heavy (non-hydrogen) atoms. The monoisotopic (exact) mass is 611 g/mol. The molecule has 5 rings (SSSR count). The van der Waals surface area contributed by atoms with Gasteiger partial charge in [-0.1, -0.05) is 17.7 Å². The first kappa shape index (κ1) is 28.7. The van der Waals surface area contributed by atoms with Gasteiger partial charge in [-0.2, -0.15) is 8.42 Å². The predicted molar refractivity (Wildman–Crippen MR) is 152 cm³/mol. The maximum atomic E-state index is 13.6. The summed E-state index contributed by atoms with van der Waals surface area (Å²) in [5.74, 6) is 0.138. The van der Waals surface area contributed by atoms with Gasteiger partial charge >= 0.3 is 0 Å². The van der Waals surface area contributed by atoms with Gasteiger partial charge in [-0.25, -0.2) is 26.7 Å². The first-order valence-corrected chi connectivity index (χ1v) is 15.8. The molecule has 0 unspecified atom stereocenters. The highest BCUT2D eigenvalue weighted by Crippen LogP contribution is 2.37. The summed E-state index contributed by atoms with van der Waals surface area (Å²) in [6.45, 7) is 3.17. The van der Waals surface area contributed by atoms with Crippen LogP contribution in [0.5, 0.6) is 0 Å². The standard InChI is InChI=1S/C23H19ClFN5O2S2.CH4O3S/c1-12(2)34(31,32)30-17-11-14(5-8-16(17)27-23(30)26)21-20(13-3-6-15(25)7-4-13)28-22(29-21)18-9-10-19(24)33-18;1-5(2,3)4/h3-12H,1-2H3,(H2,26,27)(H,28,29);1H3,(H,2,3,4). The molecule has 0 fully saturated rings. The largest absolute Gasteiger partial charge is 0.368 e. The van der Waals surface area contributed by atoms with Crippen molar-refractivity contribution in [2.24, 2.45) is 0 Å². The van der Waals surface area contributed by atoms with Crippen LogP contribution < -0.4 is 5.73 Å². The van der Waals surface area contributed by atoms with Crippen molar-refractivity contribution in [2.45, 2.75) is 19.1 Å². The molecule has 10 nitrogen and oxygen atoms in total. The van der Waals surface area contributed by atoms with Crippen LogP contribution in [0.25, 0.3) is 44.2 Å². The Morgan fingerprint density at radius 2 is 1.64 bits per heavy atom. The number of H-pyrrole nitrogens is 1. The van der Waals surface area contributed by atoms with E-state index in [1.54, 1.807) is 50.2 Å². The number of nitrogen functional groups attached to an aromatic ring is 1. The number of thiophene rings is 1. The van der Waals surface area contributed by atoms with Crippen molar-refractivity contribution in [1.82, 2.24) is 18.9 Å². The first-order chi connectivity index (χ1) is 18.1. The molecule has 0 saturated heterocycles. The van der Waals surface area contributed by atoms with Crippen LogP contribution in [0.15, 0.2) is 54.6 Å². The summed E-state index contributed by atoms with van der Waals surface area (Å²) in [7, 11) is -7.41. The normalized spacial score (nSPS) is 12.1. The summed E-state index contributed by atoms with van der Waals surface area (Å²) in [6.07, 6.45) is 0.715. The summed E-state index contributed by atoms with van der Waals surface area (Å²) in [5.41, 5.74) is 9.40. The van der Waals surface area contributed by atoms with Crippen LogP contribution in [-0.2, 0) is 20.1 Å². The van der Waals surface area contributed by atoms with Crippen molar-refractivity contribution in [3.05, 3.63) is 64.8 Å². The average molecular weight is 612 g/mol. The van der Waals surface area contributed by atoms with E-state index >= 15 is 0 Å². The van der Waals surface area contributed by atoms with Crippen LogP contribution >= 0.6 is 22.9 Å². The number of rotatable bonds is 5. The van der Waals surface area contributed by atoms with Crippen molar-refractivity contribution in [2.75, 3.05) is 12.0 Å². The lowest BCUT2D eigenvalue weighted by Gasteiger charge is -2.11. The van der Waals surface area contributed by atoms with E-state index in [4.69, 9.17) is 26.9 Å². The third kappa shape index (κ3) is 6.31. The lowest BCUT2D eigenvalue weighted by molar-refractivity contribution is 0.490. The molecule has 0 aliphatic carbocycles. The van der Waals surface area contributed by atoms with Gasteiger partial charge in [0, 0.05) is 11.1 Å². The van der Waals surface area contributed by atoms with Crippen LogP contribution in [0.3, 0.4) is 0 Å². The van der Waals surface area contributed by atoms with Crippen LogP contribution in [0.1, 0.15) is 13.8 Å². The number of fused-ring (bicyclic) bond motifs is 1. The molecule has 0 radical (unpaired) electrons. The number of aromatic amines is 1. The molecule has 0 bridgehead atoms. The quantitative estimate of drug-likeness (QED) is 0.226. The van der Waals surface area contributed by atoms with Crippen molar-refractivity contribution in [3.8, 4) is 33.2 Å². The number of imidazole rings is 2. The topological polar surface area (TPSA) is 161 Å². The summed E-state index contributed by atoms with van der Waals surface area (Å²) in [6, 6.07) is 14.9. The Morgan fingerprint density at radius 1 is 1.03 bits per heavy atom. The van der Waals surface area contributed by atoms with E-state index < -0.39 is 25.4 Å².